The molecule has 0 aromatic heterocycles. The summed E-state index contributed by atoms with van der Waals surface area (Å²) in [5.41, 5.74) is 0.820. The van der Waals surface area contributed by atoms with Crippen LogP contribution < -0.4 is 5.06 Å². The van der Waals surface area contributed by atoms with Gasteiger partial charge in [0.1, 0.15) is 0 Å². The molecule has 1 saturated carbocycles. The predicted molar refractivity (Wildman–Crippen MR) is 74.4 cm³/mol. The first-order valence-electron chi connectivity index (χ1n) is 7.00. The third-order valence-corrected chi connectivity index (χ3v) is 4.05. The number of rotatable bonds is 4. The second kappa shape index (κ2) is 5.17. The van der Waals surface area contributed by atoms with Gasteiger partial charge in [-0.2, -0.15) is 5.06 Å². The van der Waals surface area contributed by atoms with Gasteiger partial charge in [-0.25, -0.2) is 0 Å². The quantitative estimate of drug-likeness (QED) is 0.612. The number of fused-ring (bicyclic) bond motifs is 2. The van der Waals surface area contributed by atoms with Gasteiger partial charge < -0.3 is 0 Å². The molecule has 2 bridgehead atoms. The molecule has 3 atom stereocenters. The molecule has 3 heteroatoms. The summed E-state index contributed by atoms with van der Waals surface area (Å²) in [7, 11) is 0. The fourth-order valence-corrected chi connectivity index (χ4v) is 3.17. The lowest BCUT2D eigenvalue weighted by atomic mass is 9.92. The average Bonchev–Trinajstić information content (AvgIpc) is 3.07. The standard InChI is InChI=1S/C16H19NO2/c1-2-19-17(14-6-4-3-5-7-14)16(18)15-11-12-8-9-13(15)10-12/h3-9,12-13,15H,2,10-11H2,1H3/t12-,13+,15-/m0/s1. The number of hydrogen-bond donors (Lipinski definition) is 0. The summed E-state index contributed by atoms with van der Waals surface area (Å²) in [4.78, 5) is 18.3. The molecule has 100 valence electrons. The normalized spacial score (nSPS) is 27.7. The van der Waals surface area contributed by atoms with E-state index in [9.17, 15) is 4.79 Å². The molecule has 0 heterocycles. The lowest BCUT2D eigenvalue weighted by molar-refractivity contribution is -0.130. The van der Waals surface area contributed by atoms with Crippen LogP contribution in [-0.4, -0.2) is 12.5 Å². The Morgan fingerprint density at radius 1 is 1.26 bits per heavy atom. The number of hydroxylamine groups is 1. The molecule has 0 unspecified atom stereocenters. The van der Waals surface area contributed by atoms with Crippen molar-refractivity contribution in [2.45, 2.75) is 19.8 Å². The monoisotopic (exact) mass is 257 g/mol. The molecule has 19 heavy (non-hydrogen) atoms. The molecular weight excluding hydrogens is 238 g/mol. The summed E-state index contributed by atoms with van der Waals surface area (Å²) < 4.78 is 0. The van der Waals surface area contributed by atoms with Gasteiger partial charge in [0.2, 0.25) is 0 Å². The molecule has 3 rings (SSSR count). The highest BCUT2D eigenvalue weighted by Crippen LogP contribution is 2.44. The van der Waals surface area contributed by atoms with Crippen molar-refractivity contribution in [3.63, 3.8) is 0 Å². The van der Waals surface area contributed by atoms with Crippen molar-refractivity contribution >= 4 is 11.6 Å². The van der Waals surface area contributed by atoms with Gasteiger partial charge in [-0.1, -0.05) is 30.4 Å². The maximum atomic E-state index is 12.7. The highest BCUT2D eigenvalue weighted by molar-refractivity contribution is 5.93. The third kappa shape index (κ3) is 2.30. The van der Waals surface area contributed by atoms with Crippen LogP contribution in [-0.2, 0) is 9.63 Å². The van der Waals surface area contributed by atoms with Crippen LogP contribution in [0.15, 0.2) is 42.5 Å². The molecule has 2 aliphatic carbocycles. The third-order valence-electron chi connectivity index (χ3n) is 4.05. The first-order valence-corrected chi connectivity index (χ1v) is 7.00. The van der Waals surface area contributed by atoms with Crippen LogP contribution in [0.2, 0.25) is 0 Å². The van der Waals surface area contributed by atoms with Gasteiger partial charge >= 0.3 is 0 Å². The number of allylic oxidation sites excluding steroid dienone is 2. The molecule has 0 saturated heterocycles. The summed E-state index contributed by atoms with van der Waals surface area (Å²) >= 11 is 0. The number of carbonyl (C=O) groups is 1. The van der Waals surface area contributed by atoms with Crippen molar-refractivity contribution in [3.8, 4) is 0 Å². The van der Waals surface area contributed by atoms with Crippen molar-refractivity contribution in [2.24, 2.45) is 17.8 Å². The van der Waals surface area contributed by atoms with E-state index in [-0.39, 0.29) is 11.8 Å². The van der Waals surface area contributed by atoms with Crippen LogP contribution in [0.1, 0.15) is 19.8 Å². The topological polar surface area (TPSA) is 29.5 Å². The maximum absolute atomic E-state index is 12.7. The lowest BCUT2D eigenvalue weighted by Gasteiger charge is -2.26. The number of nitrogens with zero attached hydrogens (tertiary/aromatic N) is 1. The van der Waals surface area contributed by atoms with Gasteiger partial charge in [0.15, 0.2) is 0 Å². The molecule has 1 fully saturated rings. The number of anilines is 1. The Hall–Kier alpha value is -1.61. The minimum absolute atomic E-state index is 0.0850. The van der Waals surface area contributed by atoms with Crippen molar-refractivity contribution < 1.29 is 9.63 Å². The second-order valence-corrected chi connectivity index (χ2v) is 5.27. The van der Waals surface area contributed by atoms with Crippen LogP contribution >= 0.6 is 0 Å². The van der Waals surface area contributed by atoms with Gasteiger partial charge in [0, 0.05) is 5.92 Å². The van der Waals surface area contributed by atoms with Crippen molar-refractivity contribution in [1.29, 1.82) is 0 Å². The zero-order chi connectivity index (χ0) is 13.2. The second-order valence-electron chi connectivity index (χ2n) is 5.27. The number of para-hydroxylation sites is 1. The Kier molecular flexibility index (Phi) is 3.38. The van der Waals surface area contributed by atoms with Crippen LogP contribution in [0, 0.1) is 17.8 Å². The van der Waals surface area contributed by atoms with Gasteiger partial charge in [-0.15, -0.1) is 0 Å². The maximum Gasteiger partial charge on any atom is 0.254 e. The summed E-state index contributed by atoms with van der Waals surface area (Å²) in [6.07, 6.45) is 6.55. The van der Waals surface area contributed by atoms with Crippen molar-refractivity contribution in [3.05, 3.63) is 42.5 Å². The number of amides is 1. The van der Waals surface area contributed by atoms with Gasteiger partial charge in [0.05, 0.1) is 12.3 Å². The molecule has 0 aliphatic heterocycles. The van der Waals surface area contributed by atoms with Gasteiger partial charge in [0.25, 0.3) is 5.91 Å². The van der Waals surface area contributed by atoms with Gasteiger partial charge in [-0.05, 0) is 43.7 Å². The Morgan fingerprint density at radius 2 is 2.05 bits per heavy atom. The molecule has 1 aromatic carbocycles. The van der Waals surface area contributed by atoms with Crippen LogP contribution in [0.25, 0.3) is 0 Å². The van der Waals surface area contributed by atoms with E-state index in [4.69, 9.17) is 4.84 Å². The molecule has 0 spiro atoms. The van der Waals surface area contributed by atoms with E-state index in [2.05, 4.69) is 12.2 Å². The fraction of sp³-hybridized carbons (Fsp3) is 0.438. The molecule has 0 radical (unpaired) electrons. The molecular formula is C16H19NO2. The molecule has 0 N–H and O–H groups in total. The highest BCUT2D eigenvalue weighted by atomic mass is 16.7. The number of benzene rings is 1. The van der Waals surface area contributed by atoms with E-state index in [0.717, 1.165) is 18.5 Å². The first-order chi connectivity index (χ1) is 9.29. The minimum Gasteiger partial charge on any atom is -0.272 e. The van der Waals surface area contributed by atoms with Crippen LogP contribution in [0.5, 0.6) is 0 Å². The van der Waals surface area contributed by atoms with Gasteiger partial charge in [-0.3, -0.25) is 9.63 Å². The molecule has 1 aromatic rings. The first kappa shape index (κ1) is 12.4. The van der Waals surface area contributed by atoms with Crippen LogP contribution in [0.3, 0.4) is 0 Å². The minimum atomic E-state index is 0.0850. The Bertz CT molecular complexity index is 483. The van der Waals surface area contributed by atoms with E-state index in [1.807, 2.05) is 37.3 Å². The number of carbonyl (C=O) groups excluding carboxylic acids is 1. The summed E-state index contributed by atoms with van der Waals surface area (Å²) in [6, 6.07) is 9.62. The zero-order valence-electron chi connectivity index (χ0n) is 11.2. The van der Waals surface area contributed by atoms with Crippen LogP contribution in [0.4, 0.5) is 5.69 Å². The molecule has 3 nitrogen and oxygen atoms in total. The predicted octanol–water partition coefficient (Wildman–Crippen LogP) is 3.18. The Labute approximate surface area is 113 Å². The molecule has 2 aliphatic rings. The average molecular weight is 257 g/mol. The lowest BCUT2D eigenvalue weighted by Crippen LogP contribution is -2.38. The van der Waals surface area contributed by atoms with Crippen molar-refractivity contribution in [2.75, 3.05) is 11.7 Å². The Morgan fingerprint density at radius 3 is 2.63 bits per heavy atom. The van der Waals surface area contributed by atoms with Crippen molar-refractivity contribution in [1.82, 2.24) is 0 Å². The summed E-state index contributed by atoms with van der Waals surface area (Å²) in [5, 5.41) is 1.49. The van der Waals surface area contributed by atoms with E-state index < -0.39 is 0 Å². The van der Waals surface area contributed by atoms with E-state index in [1.165, 1.54) is 5.06 Å². The van der Waals surface area contributed by atoms with E-state index >= 15 is 0 Å². The molecule has 1 amide bonds. The summed E-state index contributed by atoms with van der Waals surface area (Å²) in [6.45, 7) is 2.40. The zero-order valence-corrected chi connectivity index (χ0v) is 11.2. The van der Waals surface area contributed by atoms with E-state index in [1.54, 1.807) is 0 Å². The highest BCUT2D eigenvalue weighted by Gasteiger charge is 2.42. The number of hydrogen-bond acceptors (Lipinski definition) is 2. The largest absolute Gasteiger partial charge is 0.272 e. The Balaban J connectivity index is 1.81. The fourth-order valence-electron chi connectivity index (χ4n) is 3.17. The SMILES string of the molecule is CCON(C(=O)[C@H]1C[C@H]2C=C[C@@H]1C2)c1ccccc1. The summed E-state index contributed by atoms with van der Waals surface area (Å²) in [5.74, 6) is 1.19. The smallest absolute Gasteiger partial charge is 0.254 e. The van der Waals surface area contributed by atoms with E-state index in [0.29, 0.717) is 18.4 Å².